The van der Waals surface area contributed by atoms with E-state index in [1.165, 1.54) is 12.1 Å². The van der Waals surface area contributed by atoms with Gasteiger partial charge in [0.05, 0.1) is 4.92 Å². The van der Waals surface area contributed by atoms with Crippen LogP contribution in [-0.2, 0) is 16.2 Å². The molecule has 0 unspecified atom stereocenters. The Hall–Kier alpha value is -3.74. The van der Waals surface area contributed by atoms with Gasteiger partial charge >= 0.3 is 0 Å². The molecule has 2 aromatic carbocycles. The van der Waals surface area contributed by atoms with E-state index in [0.717, 1.165) is 46.5 Å². The third-order valence-corrected chi connectivity index (χ3v) is 7.49. The van der Waals surface area contributed by atoms with E-state index in [1.54, 1.807) is 12.1 Å². The second-order valence-electron chi connectivity index (χ2n) is 12.0. The molecule has 0 aromatic heterocycles. The summed E-state index contributed by atoms with van der Waals surface area (Å²) in [5.41, 5.74) is 4.87. The Morgan fingerprint density at radius 2 is 1.35 bits per heavy atom. The van der Waals surface area contributed by atoms with Crippen molar-refractivity contribution in [3.8, 4) is 5.75 Å². The summed E-state index contributed by atoms with van der Waals surface area (Å²) in [4.78, 5) is 37.3. The number of nitrogens with one attached hydrogen (secondary N) is 1. The zero-order valence-corrected chi connectivity index (χ0v) is 21.7. The minimum Gasteiger partial charge on any atom is -0.489 e. The number of non-ortho nitro benzene ring substituents is 1. The predicted octanol–water partition coefficient (Wildman–Crippen LogP) is 6.15. The summed E-state index contributed by atoms with van der Waals surface area (Å²) in [7, 11) is 0. The molecule has 0 fully saturated rings. The maximum atomic E-state index is 13.4. The Bertz CT molecular complexity index is 1300. The van der Waals surface area contributed by atoms with Crippen molar-refractivity contribution in [3.63, 3.8) is 0 Å². The van der Waals surface area contributed by atoms with Crippen LogP contribution < -0.4 is 10.1 Å². The van der Waals surface area contributed by atoms with Crippen molar-refractivity contribution in [2.75, 3.05) is 0 Å². The number of ether oxygens (including phenoxy) is 1. The number of carbonyl (C=O) groups excluding carboxylic acids is 2. The highest BCUT2D eigenvalue weighted by Crippen LogP contribution is 2.51. The summed E-state index contributed by atoms with van der Waals surface area (Å²) in [5, 5.41) is 14.4. The molecule has 7 nitrogen and oxygen atoms in total. The molecule has 192 valence electrons. The zero-order valence-electron chi connectivity index (χ0n) is 21.7. The van der Waals surface area contributed by atoms with Crippen LogP contribution in [0.25, 0.3) is 0 Å². The van der Waals surface area contributed by atoms with E-state index in [9.17, 15) is 19.7 Å². The molecule has 3 aliphatic rings. The van der Waals surface area contributed by atoms with Crippen molar-refractivity contribution in [1.82, 2.24) is 5.32 Å². The number of ketones is 2. The Balaban J connectivity index is 1.44. The molecular formula is C30H32N2O5. The molecule has 37 heavy (non-hydrogen) atoms. The number of hydrogen-bond acceptors (Lipinski definition) is 6. The van der Waals surface area contributed by atoms with Crippen LogP contribution in [0.4, 0.5) is 5.69 Å². The molecular weight excluding hydrogens is 468 g/mol. The lowest BCUT2D eigenvalue weighted by Crippen LogP contribution is -2.42. The van der Waals surface area contributed by atoms with Crippen LogP contribution in [-0.4, -0.2) is 16.5 Å². The van der Waals surface area contributed by atoms with Crippen LogP contribution in [0.15, 0.2) is 71.1 Å². The molecule has 0 spiro atoms. The fraction of sp³-hybridized carbons (Fsp3) is 0.400. The van der Waals surface area contributed by atoms with E-state index in [2.05, 4.69) is 33.0 Å². The van der Waals surface area contributed by atoms with Crippen LogP contribution in [0.2, 0.25) is 0 Å². The predicted molar refractivity (Wildman–Crippen MR) is 140 cm³/mol. The molecule has 0 radical (unpaired) electrons. The number of dihydropyridines is 1. The summed E-state index contributed by atoms with van der Waals surface area (Å²) in [6.07, 6.45) is 2.46. The van der Waals surface area contributed by atoms with Crippen molar-refractivity contribution < 1.29 is 19.2 Å². The first-order valence-electron chi connectivity index (χ1n) is 12.7. The fourth-order valence-electron chi connectivity index (χ4n) is 5.86. The topological polar surface area (TPSA) is 98.5 Å². The van der Waals surface area contributed by atoms with Crippen LogP contribution in [0.1, 0.15) is 70.4 Å². The summed E-state index contributed by atoms with van der Waals surface area (Å²) in [6.45, 7) is 8.73. The molecule has 5 rings (SSSR count). The molecule has 2 aromatic rings. The minimum atomic E-state index is -0.429. The van der Waals surface area contributed by atoms with Gasteiger partial charge in [-0.2, -0.15) is 0 Å². The Morgan fingerprint density at radius 1 is 0.838 bits per heavy atom. The van der Waals surface area contributed by atoms with E-state index in [0.29, 0.717) is 18.6 Å². The normalized spacial score (nSPS) is 20.8. The molecule has 0 saturated heterocycles. The first-order chi connectivity index (χ1) is 17.4. The van der Waals surface area contributed by atoms with Gasteiger partial charge in [-0.05, 0) is 59.1 Å². The number of nitrogens with zero attached hydrogens (tertiary/aromatic N) is 1. The van der Waals surface area contributed by atoms with Gasteiger partial charge in [0.2, 0.25) is 0 Å². The quantitative estimate of drug-likeness (QED) is 0.391. The lowest BCUT2D eigenvalue weighted by Gasteiger charge is -2.44. The zero-order chi connectivity index (χ0) is 26.5. The molecule has 1 heterocycles. The van der Waals surface area contributed by atoms with Gasteiger partial charge in [0.1, 0.15) is 12.4 Å². The molecule has 7 heteroatoms. The van der Waals surface area contributed by atoms with Crippen molar-refractivity contribution >= 4 is 17.3 Å². The van der Waals surface area contributed by atoms with Gasteiger partial charge in [0.15, 0.2) is 11.6 Å². The van der Waals surface area contributed by atoms with Crippen LogP contribution in [0, 0.1) is 20.9 Å². The number of rotatable bonds is 5. The SMILES string of the molecule is CC1(C)CC(=O)C2=C(C1)NC1=C(C(=O)CC(C)(C)C1)C2c1ccc(OCc2ccc([N+](=O)[O-])cc2)cc1. The van der Waals surface area contributed by atoms with Gasteiger partial charge in [0.25, 0.3) is 5.69 Å². The van der Waals surface area contributed by atoms with E-state index in [4.69, 9.17) is 4.74 Å². The van der Waals surface area contributed by atoms with Crippen molar-refractivity contribution in [2.45, 2.75) is 65.9 Å². The maximum absolute atomic E-state index is 13.4. The second-order valence-corrected chi connectivity index (χ2v) is 12.0. The molecule has 0 bridgehead atoms. The summed E-state index contributed by atoms with van der Waals surface area (Å²) in [5.74, 6) is 0.478. The van der Waals surface area contributed by atoms with Gasteiger partial charge in [-0.3, -0.25) is 19.7 Å². The Labute approximate surface area is 216 Å². The van der Waals surface area contributed by atoms with Crippen molar-refractivity contribution in [3.05, 3.63) is 92.3 Å². The number of allylic oxidation sites excluding steroid dienone is 4. The lowest BCUT2D eigenvalue weighted by molar-refractivity contribution is -0.384. The average Bonchev–Trinajstić information content (AvgIpc) is 2.80. The highest BCUT2D eigenvalue weighted by Gasteiger charge is 2.46. The third-order valence-electron chi connectivity index (χ3n) is 7.49. The number of nitro groups is 1. The third kappa shape index (κ3) is 4.95. The molecule has 1 N–H and O–H groups in total. The second kappa shape index (κ2) is 8.98. The lowest BCUT2D eigenvalue weighted by atomic mass is 9.64. The first kappa shape index (κ1) is 24.9. The average molecular weight is 501 g/mol. The number of nitro benzene ring substituents is 1. The van der Waals surface area contributed by atoms with Crippen molar-refractivity contribution in [2.24, 2.45) is 10.8 Å². The fourth-order valence-corrected chi connectivity index (χ4v) is 5.86. The number of Topliss-reactive ketones (excluding diaryl/α,β-unsaturated/α-hetero) is 2. The highest BCUT2D eigenvalue weighted by molar-refractivity contribution is 6.06. The van der Waals surface area contributed by atoms with Gasteiger partial charge in [0, 0.05) is 53.4 Å². The van der Waals surface area contributed by atoms with Crippen LogP contribution in [0.5, 0.6) is 5.75 Å². The number of carbonyl (C=O) groups is 2. The Morgan fingerprint density at radius 3 is 1.84 bits per heavy atom. The molecule has 2 aliphatic carbocycles. The van der Waals surface area contributed by atoms with E-state index >= 15 is 0 Å². The number of benzene rings is 2. The van der Waals surface area contributed by atoms with Gasteiger partial charge in [-0.1, -0.05) is 39.8 Å². The largest absolute Gasteiger partial charge is 0.489 e. The Kier molecular flexibility index (Phi) is 6.05. The van der Waals surface area contributed by atoms with E-state index in [1.807, 2.05) is 24.3 Å². The summed E-state index contributed by atoms with van der Waals surface area (Å²) >= 11 is 0. The summed E-state index contributed by atoms with van der Waals surface area (Å²) < 4.78 is 5.90. The highest BCUT2D eigenvalue weighted by atomic mass is 16.6. The molecule has 0 amide bonds. The minimum absolute atomic E-state index is 0.0405. The van der Waals surface area contributed by atoms with E-state index in [-0.39, 0.29) is 40.6 Å². The van der Waals surface area contributed by atoms with Crippen LogP contribution in [0.3, 0.4) is 0 Å². The maximum Gasteiger partial charge on any atom is 0.269 e. The van der Waals surface area contributed by atoms with Gasteiger partial charge in [-0.15, -0.1) is 0 Å². The van der Waals surface area contributed by atoms with Gasteiger partial charge in [-0.25, -0.2) is 0 Å². The molecule has 1 aliphatic heterocycles. The number of hydrogen-bond donors (Lipinski definition) is 1. The van der Waals surface area contributed by atoms with Gasteiger partial charge < -0.3 is 10.1 Å². The van der Waals surface area contributed by atoms with Crippen LogP contribution >= 0.6 is 0 Å². The molecule has 0 saturated carbocycles. The standard InChI is InChI=1S/C30H32N2O5/c1-29(2)13-22-27(24(33)15-29)26(28-23(31-22)14-30(3,4)16-25(28)34)19-7-11-21(12-8-19)37-17-18-5-9-20(10-6-18)32(35)36/h5-12,26,31H,13-17H2,1-4H3. The van der Waals surface area contributed by atoms with E-state index < -0.39 is 4.92 Å². The van der Waals surface area contributed by atoms with Crippen molar-refractivity contribution in [1.29, 1.82) is 0 Å². The monoisotopic (exact) mass is 500 g/mol. The summed E-state index contributed by atoms with van der Waals surface area (Å²) in [6, 6.07) is 13.9. The first-order valence-corrected chi connectivity index (χ1v) is 12.7. The smallest absolute Gasteiger partial charge is 0.269 e. The molecule has 0 atom stereocenters.